The van der Waals surface area contributed by atoms with Gasteiger partial charge >= 0.3 is 11.8 Å². The number of carbonyl (C=O) groups excluding carboxylic acids is 2. The molecule has 1 aromatic rings. The van der Waals surface area contributed by atoms with Crippen LogP contribution in [0.5, 0.6) is 5.75 Å². The van der Waals surface area contributed by atoms with Crippen molar-refractivity contribution in [3.63, 3.8) is 0 Å². The smallest absolute Gasteiger partial charge is 0.309 e. The zero-order valence-corrected chi connectivity index (χ0v) is 13.3. The second-order valence-electron chi connectivity index (χ2n) is 5.24. The number of benzene rings is 1. The number of methoxy groups -OCH3 is 1. The van der Waals surface area contributed by atoms with Crippen molar-refractivity contribution in [2.24, 2.45) is 0 Å². The fourth-order valence-corrected chi connectivity index (χ4v) is 2.28. The summed E-state index contributed by atoms with van der Waals surface area (Å²) in [6, 6.07) is 7.34. The fourth-order valence-electron chi connectivity index (χ4n) is 2.28. The van der Waals surface area contributed by atoms with Gasteiger partial charge in [-0.05, 0) is 17.7 Å². The zero-order valence-electron chi connectivity index (χ0n) is 13.3. The van der Waals surface area contributed by atoms with Crippen LogP contribution in [0.25, 0.3) is 0 Å². The highest BCUT2D eigenvalue weighted by Gasteiger charge is 2.14. The van der Waals surface area contributed by atoms with E-state index < -0.39 is 11.8 Å². The summed E-state index contributed by atoms with van der Waals surface area (Å²) >= 11 is 0. The van der Waals surface area contributed by atoms with Gasteiger partial charge in [0.2, 0.25) is 0 Å². The summed E-state index contributed by atoms with van der Waals surface area (Å²) in [6.07, 6.45) is 0. The molecule has 23 heavy (non-hydrogen) atoms. The minimum absolute atomic E-state index is 0.285. The highest BCUT2D eigenvalue weighted by atomic mass is 16.5. The number of hydrogen-bond donors (Lipinski definition) is 2. The second kappa shape index (κ2) is 9.12. The molecule has 1 aliphatic rings. The van der Waals surface area contributed by atoms with Crippen molar-refractivity contribution in [2.75, 3.05) is 46.5 Å². The maximum absolute atomic E-state index is 11.8. The third kappa shape index (κ3) is 5.88. The molecule has 2 N–H and O–H groups in total. The fraction of sp³-hybridized carbons (Fsp3) is 0.500. The molecular weight excluding hydrogens is 298 g/mol. The van der Waals surface area contributed by atoms with E-state index in [1.54, 1.807) is 7.11 Å². The molecule has 126 valence electrons. The maximum atomic E-state index is 11.8. The lowest BCUT2D eigenvalue weighted by atomic mass is 10.2. The molecule has 1 saturated heterocycles. The predicted molar refractivity (Wildman–Crippen MR) is 85.1 cm³/mol. The van der Waals surface area contributed by atoms with Crippen molar-refractivity contribution in [2.45, 2.75) is 6.54 Å². The number of nitrogens with zero attached hydrogens (tertiary/aromatic N) is 1. The van der Waals surface area contributed by atoms with E-state index in [-0.39, 0.29) is 6.54 Å². The van der Waals surface area contributed by atoms with E-state index in [0.29, 0.717) is 12.3 Å². The first kappa shape index (κ1) is 17.2. The molecule has 7 nitrogen and oxygen atoms in total. The molecule has 2 amide bonds. The lowest BCUT2D eigenvalue weighted by Gasteiger charge is -2.26. The average molecular weight is 321 g/mol. The SMILES string of the molecule is COc1cccc(CNC(=O)C(=O)NCCN2CCOCC2)c1. The third-order valence-corrected chi connectivity index (χ3v) is 3.61. The Labute approximate surface area is 135 Å². The number of rotatable bonds is 6. The van der Waals surface area contributed by atoms with Crippen LogP contribution in [0.3, 0.4) is 0 Å². The number of carbonyl (C=O) groups is 2. The van der Waals surface area contributed by atoms with Gasteiger partial charge in [-0.3, -0.25) is 14.5 Å². The van der Waals surface area contributed by atoms with E-state index in [0.717, 1.165) is 38.4 Å². The van der Waals surface area contributed by atoms with Crippen LogP contribution >= 0.6 is 0 Å². The Morgan fingerprint density at radius 1 is 1.22 bits per heavy atom. The largest absolute Gasteiger partial charge is 0.497 e. The summed E-state index contributed by atoms with van der Waals surface area (Å²) in [7, 11) is 1.58. The van der Waals surface area contributed by atoms with Gasteiger partial charge in [-0.15, -0.1) is 0 Å². The Morgan fingerprint density at radius 3 is 2.70 bits per heavy atom. The Balaban J connectivity index is 1.66. The lowest BCUT2D eigenvalue weighted by Crippen LogP contribution is -2.44. The van der Waals surface area contributed by atoms with Crippen LogP contribution in [0.15, 0.2) is 24.3 Å². The van der Waals surface area contributed by atoms with Crippen LogP contribution in [0.1, 0.15) is 5.56 Å². The van der Waals surface area contributed by atoms with Crippen LogP contribution < -0.4 is 15.4 Å². The first-order valence-corrected chi connectivity index (χ1v) is 7.68. The Morgan fingerprint density at radius 2 is 1.96 bits per heavy atom. The molecule has 0 bridgehead atoms. The Kier molecular flexibility index (Phi) is 6.83. The van der Waals surface area contributed by atoms with E-state index in [9.17, 15) is 9.59 Å². The second-order valence-corrected chi connectivity index (χ2v) is 5.24. The van der Waals surface area contributed by atoms with Crippen LogP contribution in [0.4, 0.5) is 0 Å². The topological polar surface area (TPSA) is 79.9 Å². The molecule has 0 aliphatic carbocycles. The number of morpholine rings is 1. The minimum atomic E-state index is -0.630. The summed E-state index contributed by atoms with van der Waals surface area (Å²) in [4.78, 5) is 25.7. The molecule has 0 spiro atoms. The van der Waals surface area contributed by atoms with Crippen molar-refractivity contribution >= 4 is 11.8 Å². The van der Waals surface area contributed by atoms with Gasteiger partial charge in [-0.25, -0.2) is 0 Å². The van der Waals surface area contributed by atoms with Gasteiger partial charge in [0.1, 0.15) is 5.75 Å². The molecular formula is C16H23N3O4. The highest BCUT2D eigenvalue weighted by molar-refractivity contribution is 6.35. The molecule has 2 rings (SSSR count). The van der Waals surface area contributed by atoms with E-state index in [4.69, 9.17) is 9.47 Å². The minimum Gasteiger partial charge on any atom is -0.497 e. The van der Waals surface area contributed by atoms with Crippen molar-refractivity contribution in [1.29, 1.82) is 0 Å². The normalized spacial score (nSPS) is 15.0. The summed E-state index contributed by atoms with van der Waals surface area (Å²) in [5, 5.41) is 5.23. The van der Waals surface area contributed by atoms with Gasteiger partial charge in [0, 0.05) is 32.7 Å². The zero-order chi connectivity index (χ0) is 16.5. The first-order chi connectivity index (χ1) is 11.2. The van der Waals surface area contributed by atoms with Crippen LogP contribution in [0.2, 0.25) is 0 Å². The molecule has 0 unspecified atom stereocenters. The highest BCUT2D eigenvalue weighted by Crippen LogP contribution is 2.11. The average Bonchev–Trinajstić information content (AvgIpc) is 2.60. The van der Waals surface area contributed by atoms with E-state index in [2.05, 4.69) is 15.5 Å². The molecule has 0 saturated carbocycles. The molecule has 0 atom stereocenters. The molecule has 7 heteroatoms. The van der Waals surface area contributed by atoms with Gasteiger partial charge < -0.3 is 20.1 Å². The van der Waals surface area contributed by atoms with Crippen molar-refractivity contribution in [3.8, 4) is 5.75 Å². The van der Waals surface area contributed by atoms with Gasteiger partial charge in [0.05, 0.1) is 20.3 Å². The van der Waals surface area contributed by atoms with E-state index in [1.165, 1.54) is 0 Å². The summed E-state index contributed by atoms with van der Waals surface area (Å²) < 4.78 is 10.4. The number of nitrogens with one attached hydrogen (secondary N) is 2. The number of ether oxygens (including phenoxy) is 2. The molecule has 1 aliphatic heterocycles. The van der Waals surface area contributed by atoms with Crippen LogP contribution in [-0.2, 0) is 20.9 Å². The van der Waals surface area contributed by atoms with Crippen molar-refractivity contribution in [1.82, 2.24) is 15.5 Å². The molecule has 0 radical (unpaired) electrons. The third-order valence-electron chi connectivity index (χ3n) is 3.61. The molecule has 1 aromatic carbocycles. The summed E-state index contributed by atoms with van der Waals surface area (Å²) in [5.74, 6) is -0.525. The first-order valence-electron chi connectivity index (χ1n) is 7.68. The Bertz CT molecular complexity index is 530. The quantitative estimate of drug-likeness (QED) is 0.707. The summed E-state index contributed by atoms with van der Waals surface area (Å²) in [5.41, 5.74) is 0.874. The van der Waals surface area contributed by atoms with Gasteiger partial charge in [-0.1, -0.05) is 12.1 Å². The lowest BCUT2D eigenvalue weighted by molar-refractivity contribution is -0.139. The van der Waals surface area contributed by atoms with Crippen LogP contribution in [0, 0.1) is 0 Å². The summed E-state index contributed by atoms with van der Waals surface area (Å²) in [6.45, 7) is 4.61. The van der Waals surface area contributed by atoms with Gasteiger partial charge in [0.25, 0.3) is 0 Å². The molecule has 0 aromatic heterocycles. The van der Waals surface area contributed by atoms with E-state index in [1.807, 2.05) is 24.3 Å². The van der Waals surface area contributed by atoms with E-state index >= 15 is 0 Å². The monoisotopic (exact) mass is 321 g/mol. The Hall–Kier alpha value is -2.12. The number of amides is 2. The molecule has 1 fully saturated rings. The number of hydrogen-bond acceptors (Lipinski definition) is 5. The molecule has 1 heterocycles. The van der Waals surface area contributed by atoms with Gasteiger partial charge in [0.15, 0.2) is 0 Å². The maximum Gasteiger partial charge on any atom is 0.309 e. The van der Waals surface area contributed by atoms with Crippen molar-refractivity contribution in [3.05, 3.63) is 29.8 Å². The van der Waals surface area contributed by atoms with Gasteiger partial charge in [-0.2, -0.15) is 0 Å². The predicted octanol–water partition coefficient (Wildman–Crippen LogP) is -0.240. The van der Waals surface area contributed by atoms with Crippen molar-refractivity contribution < 1.29 is 19.1 Å². The van der Waals surface area contributed by atoms with Crippen LogP contribution in [-0.4, -0.2) is 63.2 Å². The standard InChI is InChI=1S/C16H23N3O4/c1-22-14-4-2-3-13(11-14)12-18-16(21)15(20)17-5-6-19-7-9-23-10-8-19/h2-4,11H,5-10,12H2,1H3,(H,17,20)(H,18,21).